The van der Waals surface area contributed by atoms with E-state index in [2.05, 4.69) is 4.98 Å². The normalized spacial score (nSPS) is 9.93. The Labute approximate surface area is 80.2 Å². The molecule has 1 heterocycles. The van der Waals surface area contributed by atoms with Crippen LogP contribution >= 0.6 is 0 Å². The molecule has 0 radical (unpaired) electrons. The van der Waals surface area contributed by atoms with E-state index in [4.69, 9.17) is 11.0 Å². The SMILES string of the molecule is N#Cc1cccc2cc(O)c(N)nc12. The van der Waals surface area contributed by atoms with Crippen LogP contribution in [-0.4, -0.2) is 10.1 Å². The number of hydrogen-bond donors (Lipinski definition) is 2. The van der Waals surface area contributed by atoms with Crippen molar-refractivity contribution >= 4 is 16.7 Å². The van der Waals surface area contributed by atoms with Crippen LogP contribution in [0, 0.1) is 11.3 Å². The molecule has 1 aromatic carbocycles. The molecule has 3 N–H and O–H groups in total. The Morgan fingerprint density at radius 3 is 2.93 bits per heavy atom. The molecular formula is C10H7N3O. The van der Waals surface area contributed by atoms with Crippen LogP contribution in [0.1, 0.15) is 5.56 Å². The lowest BCUT2D eigenvalue weighted by Crippen LogP contribution is -1.92. The summed E-state index contributed by atoms with van der Waals surface area (Å²) in [5.41, 5.74) is 6.41. The van der Waals surface area contributed by atoms with E-state index in [1.165, 1.54) is 6.07 Å². The number of hydrogen-bond acceptors (Lipinski definition) is 4. The van der Waals surface area contributed by atoms with Crippen molar-refractivity contribution in [2.75, 3.05) is 5.73 Å². The predicted molar refractivity (Wildman–Crippen MR) is 52.5 cm³/mol. The largest absolute Gasteiger partial charge is 0.504 e. The summed E-state index contributed by atoms with van der Waals surface area (Å²) in [6, 6.07) is 8.67. The third-order valence-corrected chi connectivity index (χ3v) is 1.97. The summed E-state index contributed by atoms with van der Waals surface area (Å²) in [5.74, 6) is -0.0206. The number of nitrogens with zero attached hydrogens (tertiary/aromatic N) is 2. The van der Waals surface area contributed by atoms with E-state index in [-0.39, 0.29) is 11.6 Å². The second kappa shape index (κ2) is 2.89. The van der Waals surface area contributed by atoms with Gasteiger partial charge in [-0.25, -0.2) is 4.98 Å². The van der Waals surface area contributed by atoms with Gasteiger partial charge >= 0.3 is 0 Å². The van der Waals surface area contributed by atoms with Gasteiger partial charge in [0.2, 0.25) is 0 Å². The lowest BCUT2D eigenvalue weighted by Gasteiger charge is -2.02. The average molecular weight is 185 g/mol. The molecule has 0 bridgehead atoms. The summed E-state index contributed by atoms with van der Waals surface area (Å²) in [6.07, 6.45) is 0. The van der Waals surface area contributed by atoms with Crippen LogP contribution in [0.15, 0.2) is 24.3 Å². The smallest absolute Gasteiger partial charge is 0.166 e. The van der Waals surface area contributed by atoms with Crippen LogP contribution in [0.5, 0.6) is 5.75 Å². The highest BCUT2D eigenvalue weighted by molar-refractivity contribution is 5.87. The zero-order chi connectivity index (χ0) is 10.1. The van der Waals surface area contributed by atoms with Crippen LogP contribution in [0.2, 0.25) is 0 Å². The second-order valence-electron chi connectivity index (χ2n) is 2.88. The van der Waals surface area contributed by atoms with Crippen molar-refractivity contribution in [2.24, 2.45) is 0 Å². The topological polar surface area (TPSA) is 82.9 Å². The first-order chi connectivity index (χ1) is 6.72. The van der Waals surface area contributed by atoms with Crippen LogP contribution in [0.3, 0.4) is 0 Å². The number of nitrogens with two attached hydrogens (primary N) is 1. The molecule has 14 heavy (non-hydrogen) atoms. The maximum absolute atomic E-state index is 9.31. The van der Waals surface area contributed by atoms with Gasteiger partial charge < -0.3 is 10.8 Å². The summed E-state index contributed by atoms with van der Waals surface area (Å²) >= 11 is 0. The molecule has 0 saturated heterocycles. The van der Waals surface area contributed by atoms with Crippen LogP contribution < -0.4 is 5.73 Å². The molecule has 0 aliphatic rings. The van der Waals surface area contributed by atoms with Crippen molar-refractivity contribution in [3.63, 3.8) is 0 Å². The Bertz CT molecular complexity index is 543. The number of nitriles is 1. The molecular weight excluding hydrogens is 178 g/mol. The number of benzene rings is 1. The molecule has 68 valence electrons. The number of rotatable bonds is 0. The molecule has 0 aliphatic heterocycles. The number of fused-ring (bicyclic) bond motifs is 1. The fourth-order valence-electron chi connectivity index (χ4n) is 1.29. The van der Waals surface area contributed by atoms with Gasteiger partial charge in [0.05, 0.1) is 11.1 Å². The average Bonchev–Trinajstić information content (AvgIpc) is 2.19. The molecule has 0 fully saturated rings. The van der Waals surface area contributed by atoms with Gasteiger partial charge in [-0.1, -0.05) is 12.1 Å². The minimum atomic E-state index is -0.0624. The first kappa shape index (κ1) is 8.32. The van der Waals surface area contributed by atoms with E-state index < -0.39 is 0 Å². The Morgan fingerprint density at radius 2 is 2.21 bits per heavy atom. The number of aromatic hydroxyl groups is 1. The molecule has 2 aromatic rings. The van der Waals surface area contributed by atoms with Crippen LogP contribution in [0.4, 0.5) is 5.82 Å². The number of aromatic nitrogens is 1. The monoisotopic (exact) mass is 185 g/mol. The van der Waals surface area contributed by atoms with Crippen LogP contribution in [-0.2, 0) is 0 Å². The zero-order valence-electron chi connectivity index (χ0n) is 7.23. The molecule has 4 heteroatoms. The Hall–Kier alpha value is -2.28. The van der Waals surface area contributed by atoms with Gasteiger partial charge in [0.1, 0.15) is 6.07 Å². The molecule has 2 rings (SSSR count). The molecule has 0 unspecified atom stereocenters. The predicted octanol–water partition coefficient (Wildman–Crippen LogP) is 1.39. The molecule has 1 aromatic heterocycles. The lowest BCUT2D eigenvalue weighted by molar-refractivity contribution is 0.477. The molecule has 0 atom stereocenters. The highest BCUT2D eigenvalue weighted by atomic mass is 16.3. The second-order valence-corrected chi connectivity index (χ2v) is 2.88. The number of pyridine rings is 1. The summed E-state index contributed by atoms with van der Waals surface area (Å²) in [7, 11) is 0. The van der Waals surface area contributed by atoms with Crippen molar-refractivity contribution < 1.29 is 5.11 Å². The third-order valence-electron chi connectivity index (χ3n) is 1.97. The molecule has 0 spiro atoms. The summed E-state index contributed by atoms with van der Waals surface area (Å²) in [6.45, 7) is 0. The zero-order valence-corrected chi connectivity index (χ0v) is 7.23. The van der Waals surface area contributed by atoms with E-state index in [9.17, 15) is 5.11 Å². The van der Waals surface area contributed by atoms with E-state index in [1.807, 2.05) is 6.07 Å². The third kappa shape index (κ3) is 1.12. The fourth-order valence-corrected chi connectivity index (χ4v) is 1.29. The van der Waals surface area contributed by atoms with E-state index in [1.54, 1.807) is 18.2 Å². The number of para-hydroxylation sites is 1. The van der Waals surface area contributed by atoms with Crippen LogP contribution in [0.25, 0.3) is 10.9 Å². The highest BCUT2D eigenvalue weighted by Crippen LogP contribution is 2.25. The van der Waals surface area contributed by atoms with Gasteiger partial charge in [0.25, 0.3) is 0 Å². The standard InChI is InChI=1S/C10H7N3O/c11-5-7-3-1-2-6-4-8(14)10(12)13-9(6)7/h1-4,14H,(H2,12,13). The van der Waals surface area contributed by atoms with Crippen molar-refractivity contribution in [1.29, 1.82) is 5.26 Å². The van der Waals surface area contributed by atoms with Crippen molar-refractivity contribution in [2.45, 2.75) is 0 Å². The summed E-state index contributed by atoms with van der Waals surface area (Å²) in [4.78, 5) is 3.95. The van der Waals surface area contributed by atoms with Gasteiger partial charge in [-0.3, -0.25) is 0 Å². The first-order valence-corrected chi connectivity index (χ1v) is 4.00. The Kier molecular flexibility index (Phi) is 1.72. The summed E-state index contributed by atoms with van der Waals surface area (Å²) in [5, 5.41) is 18.8. The number of nitrogen functional groups attached to an aromatic ring is 1. The van der Waals surface area contributed by atoms with Gasteiger partial charge in [-0.2, -0.15) is 5.26 Å². The van der Waals surface area contributed by atoms with Crippen molar-refractivity contribution in [1.82, 2.24) is 4.98 Å². The van der Waals surface area contributed by atoms with E-state index in [0.29, 0.717) is 16.5 Å². The molecule has 4 nitrogen and oxygen atoms in total. The van der Waals surface area contributed by atoms with E-state index in [0.717, 1.165) is 0 Å². The Morgan fingerprint density at radius 1 is 1.43 bits per heavy atom. The maximum atomic E-state index is 9.31. The Balaban J connectivity index is 2.90. The molecule has 0 aliphatic carbocycles. The van der Waals surface area contributed by atoms with Gasteiger partial charge in [0, 0.05) is 5.39 Å². The first-order valence-electron chi connectivity index (χ1n) is 4.00. The van der Waals surface area contributed by atoms with E-state index >= 15 is 0 Å². The lowest BCUT2D eigenvalue weighted by atomic mass is 10.1. The van der Waals surface area contributed by atoms with Gasteiger partial charge in [0.15, 0.2) is 11.6 Å². The fraction of sp³-hybridized carbons (Fsp3) is 0. The van der Waals surface area contributed by atoms with Crippen molar-refractivity contribution in [3.8, 4) is 11.8 Å². The molecule has 0 amide bonds. The van der Waals surface area contributed by atoms with Gasteiger partial charge in [-0.05, 0) is 12.1 Å². The summed E-state index contributed by atoms with van der Waals surface area (Å²) < 4.78 is 0. The number of anilines is 1. The highest BCUT2D eigenvalue weighted by Gasteiger charge is 2.05. The van der Waals surface area contributed by atoms with Gasteiger partial charge in [-0.15, -0.1) is 0 Å². The minimum absolute atomic E-state index is 0.0419. The maximum Gasteiger partial charge on any atom is 0.166 e. The minimum Gasteiger partial charge on any atom is -0.504 e. The molecule has 0 saturated carbocycles. The quantitative estimate of drug-likeness (QED) is 0.649. The van der Waals surface area contributed by atoms with Crippen molar-refractivity contribution in [3.05, 3.63) is 29.8 Å².